The van der Waals surface area contributed by atoms with Gasteiger partial charge < -0.3 is 15.0 Å². The van der Waals surface area contributed by atoms with Crippen LogP contribution in [0.2, 0.25) is 0 Å². The van der Waals surface area contributed by atoms with Crippen molar-refractivity contribution in [3.05, 3.63) is 29.8 Å². The van der Waals surface area contributed by atoms with Gasteiger partial charge in [-0.2, -0.15) is 0 Å². The van der Waals surface area contributed by atoms with Crippen LogP contribution < -0.4 is 10.1 Å². The number of halogens is 2. The summed E-state index contributed by atoms with van der Waals surface area (Å²) in [7, 11) is 0. The SMILES string of the molecule is O=C(NC1CCCCC1)N1CCC(Oc2ccc(F)c(F)c2)CC1. The number of likely N-dealkylation sites (tertiary alicyclic amines) is 1. The summed E-state index contributed by atoms with van der Waals surface area (Å²) in [5, 5.41) is 3.12. The van der Waals surface area contributed by atoms with Gasteiger partial charge in [0, 0.05) is 38.0 Å². The molecule has 24 heavy (non-hydrogen) atoms. The van der Waals surface area contributed by atoms with Crippen LogP contribution in [-0.4, -0.2) is 36.2 Å². The van der Waals surface area contributed by atoms with Crippen molar-refractivity contribution in [2.45, 2.75) is 57.1 Å². The summed E-state index contributed by atoms with van der Waals surface area (Å²) in [6, 6.07) is 3.88. The molecule has 0 radical (unpaired) electrons. The smallest absolute Gasteiger partial charge is 0.317 e. The fourth-order valence-corrected chi connectivity index (χ4v) is 3.43. The summed E-state index contributed by atoms with van der Waals surface area (Å²) < 4.78 is 31.8. The van der Waals surface area contributed by atoms with Crippen molar-refractivity contribution in [1.82, 2.24) is 10.2 Å². The Morgan fingerprint density at radius 2 is 1.75 bits per heavy atom. The molecule has 1 heterocycles. The monoisotopic (exact) mass is 338 g/mol. The van der Waals surface area contributed by atoms with E-state index in [9.17, 15) is 13.6 Å². The largest absolute Gasteiger partial charge is 0.490 e. The fourth-order valence-electron chi connectivity index (χ4n) is 3.43. The number of urea groups is 1. The molecular formula is C18H24F2N2O2. The molecule has 0 aromatic heterocycles. The number of benzene rings is 1. The lowest BCUT2D eigenvalue weighted by atomic mass is 9.96. The van der Waals surface area contributed by atoms with Gasteiger partial charge in [-0.15, -0.1) is 0 Å². The number of carbonyl (C=O) groups excluding carboxylic acids is 1. The molecule has 0 atom stereocenters. The van der Waals surface area contributed by atoms with E-state index in [-0.39, 0.29) is 12.1 Å². The Balaban J connectivity index is 1.44. The molecule has 4 nitrogen and oxygen atoms in total. The summed E-state index contributed by atoms with van der Waals surface area (Å²) in [6.45, 7) is 1.24. The molecule has 1 aromatic carbocycles. The topological polar surface area (TPSA) is 41.6 Å². The van der Waals surface area contributed by atoms with Crippen LogP contribution in [0.4, 0.5) is 13.6 Å². The Bertz CT molecular complexity index is 568. The Morgan fingerprint density at radius 3 is 2.42 bits per heavy atom. The van der Waals surface area contributed by atoms with Gasteiger partial charge in [0.1, 0.15) is 11.9 Å². The van der Waals surface area contributed by atoms with Crippen molar-refractivity contribution in [3.8, 4) is 5.75 Å². The molecule has 2 aliphatic rings. The highest BCUT2D eigenvalue weighted by molar-refractivity contribution is 5.74. The van der Waals surface area contributed by atoms with Gasteiger partial charge in [0.05, 0.1) is 0 Å². The number of amides is 2. The van der Waals surface area contributed by atoms with Gasteiger partial charge in [0.2, 0.25) is 0 Å². The highest BCUT2D eigenvalue weighted by Gasteiger charge is 2.26. The minimum Gasteiger partial charge on any atom is -0.490 e. The molecule has 0 bridgehead atoms. The molecule has 3 rings (SSSR count). The maximum atomic E-state index is 13.2. The summed E-state index contributed by atoms with van der Waals surface area (Å²) in [4.78, 5) is 14.1. The third-order valence-corrected chi connectivity index (χ3v) is 4.86. The lowest BCUT2D eigenvalue weighted by molar-refractivity contribution is 0.109. The van der Waals surface area contributed by atoms with E-state index in [1.807, 2.05) is 4.90 Å². The van der Waals surface area contributed by atoms with Crippen molar-refractivity contribution >= 4 is 6.03 Å². The minimum absolute atomic E-state index is 0.00757. The van der Waals surface area contributed by atoms with E-state index < -0.39 is 11.6 Å². The predicted octanol–water partition coefficient (Wildman–Crippen LogP) is 3.85. The van der Waals surface area contributed by atoms with Crippen LogP contribution in [0.3, 0.4) is 0 Å². The Hall–Kier alpha value is -1.85. The zero-order chi connectivity index (χ0) is 16.9. The van der Waals surface area contributed by atoms with Crippen molar-refractivity contribution in [2.75, 3.05) is 13.1 Å². The Labute approximate surface area is 141 Å². The van der Waals surface area contributed by atoms with E-state index in [0.29, 0.717) is 37.7 Å². The van der Waals surface area contributed by atoms with Crippen LogP contribution in [-0.2, 0) is 0 Å². The predicted molar refractivity (Wildman–Crippen MR) is 87.0 cm³/mol. The Morgan fingerprint density at radius 1 is 1.04 bits per heavy atom. The van der Waals surface area contributed by atoms with Gasteiger partial charge >= 0.3 is 6.03 Å². The second-order valence-corrected chi connectivity index (χ2v) is 6.66. The molecule has 1 N–H and O–H groups in total. The van der Waals surface area contributed by atoms with Crippen LogP contribution in [0.15, 0.2) is 18.2 Å². The fraction of sp³-hybridized carbons (Fsp3) is 0.611. The standard InChI is InChI=1S/C18H24F2N2O2/c19-16-7-6-15(12-17(16)20)24-14-8-10-22(11-9-14)18(23)21-13-4-2-1-3-5-13/h6-7,12-14H,1-5,8-11H2,(H,21,23). The molecule has 1 aromatic rings. The normalized spacial score (nSPS) is 20.0. The van der Waals surface area contributed by atoms with Gasteiger partial charge in [-0.1, -0.05) is 19.3 Å². The average Bonchev–Trinajstić information content (AvgIpc) is 2.60. The number of piperidine rings is 1. The summed E-state index contributed by atoms with van der Waals surface area (Å²) in [5.74, 6) is -1.45. The summed E-state index contributed by atoms with van der Waals surface area (Å²) in [5.41, 5.74) is 0. The lowest BCUT2D eigenvalue weighted by Gasteiger charge is -2.34. The van der Waals surface area contributed by atoms with Crippen molar-refractivity contribution < 1.29 is 18.3 Å². The van der Waals surface area contributed by atoms with Crippen molar-refractivity contribution in [1.29, 1.82) is 0 Å². The first-order valence-electron chi connectivity index (χ1n) is 8.79. The quantitative estimate of drug-likeness (QED) is 0.909. The van der Waals surface area contributed by atoms with E-state index in [1.54, 1.807) is 0 Å². The van der Waals surface area contributed by atoms with Gasteiger partial charge in [-0.3, -0.25) is 0 Å². The highest BCUT2D eigenvalue weighted by Crippen LogP contribution is 2.22. The van der Waals surface area contributed by atoms with Gasteiger partial charge in [-0.05, 0) is 25.0 Å². The lowest BCUT2D eigenvalue weighted by Crippen LogP contribution is -2.49. The number of nitrogens with zero attached hydrogens (tertiary/aromatic N) is 1. The highest BCUT2D eigenvalue weighted by atomic mass is 19.2. The molecule has 1 saturated carbocycles. The van der Waals surface area contributed by atoms with Gasteiger partial charge in [0.15, 0.2) is 11.6 Å². The number of hydrogen-bond donors (Lipinski definition) is 1. The molecular weight excluding hydrogens is 314 g/mol. The second-order valence-electron chi connectivity index (χ2n) is 6.66. The molecule has 2 fully saturated rings. The van der Waals surface area contributed by atoms with Crippen LogP contribution >= 0.6 is 0 Å². The zero-order valence-corrected chi connectivity index (χ0v) is 13.8. The van der Waals surface area contributed by atoms with E-state index in [0.717, 1.165) is 25.0 Å². The molecule has 2 amide bonds. The third-order valence-electron chi connectivity index (χ3n) is 4.86. The maximum Gasteiger partial charge on any atom is 0.317 e. The zero-order valence-electron chi connectivity index (χ0n) is 13.8. The molecule has 6 heteroatoms. The number of carbonyl (C=O) groups is 1. The van der Waals surface area contributed by atoms with Crippen molar-refractivity contribution in [2.24, 2.45) is 0 Å². The van der Waals surface area contributed by atoms with E-state index in [1.165, 1.54) is 25.3 Å². The van der Waals surface area contributed by atoms with Crippen LogP contribution in [0.5, 0.6) is 5.75 Å². The van der Waals surface area contributed by atoms with E-state index >= 15 is 0 Å². The number of hydrogen-bond acceptors (Lipinski definition) is 2. The molecule has 132 valence electrons. The van der Waals surface area contributed by atoms with Crippen LogP contribution in [0.25, 0.3) is 0 Å². The molecule has 1 aliphatic heterocycles. The number of rotatable bonds is 3. The number of nitrogens with one attached hydrogen (secondary N) is 1. The van der Waals surface area contributed by atoms with Crippen LogP contribution in [0.1, 0.15) is 44.9 Å². The first kappa shape index (κ1) is 17.0. The molecule has 1 aliphatic carbocycles. The number of ether oxygens (including phenoxy) is 1. The van der Waals surface area contributed by atoms with Crippen molar-refractivity contribution in [3.63, 3.8) is 0 Å². The van der Waals surface area contributed by atoms with Gasteiger partial charge in [-0.25, -0.2) is 13.6 Å². The molecule has 0 unspecified atom stereocenters. The Kier molecular flexibility index (Phi) is 5.53. The third kappa shape index (κ3) is 4.36. The summed E-state index contributed by atoms with van der Waals surface area (Å²) in [6.07, 6.45) is 7.09. The maximum absolute atomic E-state index is 13.2. The second kappa shape index (κ2) is 7.81. The first-order valence-corrected chi connectivity index (χ1v) is 8.79. The average molecular weight is 338 g/mol. The van der Waals surface area contributed by atoms with Crippen LogP contribution in [0, 0.1) is 11.6 Å². The van der Waals surface area contributed by atoms with E-state index in [2.05, 4.69) is 5.32 Å². The summed E-state index contributed by atoms with van der Waals surface area (Å²) >= 11 is 0. The molecule has 0 spiro atoms. The van der Waals surface area contributed by atoms with E-state index in [4.69, 9.17) is 4.74 Å². The molecule has 1 saturated heterocycles. The van der Waals surface area contributed by atoms with Gasteiger partial charge in [0.25, 0.3) is 0 Å². The minimum atomic E-state index is -0.906. The first-order chi connectivity index (χ1) is 11.6.